The van der Waals surface area contributed by atoms with Crippen molar-refractivity contribution in [2.45, 2.75) is 45.6 Å². The molecular weight excluding hydrogens is 260 g/mol. The summed E-state index contributed by atoms with van der Waals surface area (Å²) in [5.41, 5.74) is 5.79. The van der Waals surface area contributed by atoms with Gasteiger partial charge in [0.25, 0.3) is 0 Å². The third kappa shape index (κ3) is 3.67. The number of oxime groups is 1. The lowest BCUT2D eigenvalue weighted by molar-refractivity contribution is 0.313. The molecule has 1 unspecified atom stereocenters. The molecule has 1 saturated carbocycles. The molecule has 19 heavy (non-hydrogen) atoms. The largest absolute Gasteiger partial charge is 0.409 e. The van der Waals surface area contributed by atoms with E-state index in [0.29, 0.717) is 12.3 Å². The predicted octanol–water partition coefficient (Wildman–Crippen LogP) is 2.27. The van der Waals surface area contributed by atoms with E-state index in [-0.39, 0.29) is 11.5 Å². The third-order valence-electron chi connectivity index (χ3n) is 3.72. The molecule has 1 aromatic heterocycles. The number of aryl methyl sites for hydroxylation is 1. The van der Waals surface area contributed by atoms with Crippen LogP contribution >= 0.6 is 11.3 Å². The highest BCUT2D eigenvalue weighted by molar-refractivity contribution is 7.11. The number of hydrogen-bond donors (Lipinski definition) is 3. The van der Waals surface area contributed by atoms with Crippen LogP contribution in [0.25, 0.3) is 0 Å². The van der Waals surface area contributed by atoms with E-state index in [1.807, 2.05) is 6.20 Å². The molecule has 1 aromatic rings. The van der Waals surface area contributed by atoms with Crippen molar-refractivity contribution in [3.05, 3.63) is 16.1 Å². The molecule has 4 N–H and O–H groups in total. The molecular formula is C13H22N4OS. The van der Waals surface area contributed by atoms with Crippen LogP contribution in [0.1, 0.15) is 49.0 Å². The molecule has 0 aromatic carbocycles. The second-order valence-corrected chi connectivity index (χ2v) is 6.54. The van der Waals surface area contributed by atoms with Crippen LogP contribution in [0.15, 0.2) is 11.4 Å². The third-order valence-corrected chi connectivity index (χ3v) is 5.04. The number of nitrogens with one attached hydrogen (secondary N) is 1. The maximum Gasteiger partial charge on any atom is 0.139 e. The number of nitrogens with zero attached hydrogens (tertiary/aromatic N) is 2. The first-order chi connectivity index (χ1) is 9.08. The minimum atomic E-state index is 0.190. The number of thiazole rings is 1. The first-order valence-electron chi connectivity index (χ1n) is 6.73. The van der Waals surface area contributed by atoms with E-state index in [2.05, 4.69) is 29.3 Å². The maximum absolute atomic E-state index is 8.65. The summed E-state index contributed by atoms with van der Waals surface area (Å²) >= 11 is 1.77. The Morgan fingerprint density at radius 2 is 2.42 bits per heavy atom. The van der Waals surface area contributed by atoms with E-state index >= 15 is 0 Å². The minimum Gasteiger partial charge on any atom is -0.409 e. The van der Waals surface area contributed by atoms with Crippen LogP contribution in [-0.2, 0) is 6.42 Å². The van der Waals surface area contributed by atoms with Crippen molar-refractivity contribution >= 4 is 17.2 Å². The quantitative estimate of drug-likeness (QED) is 0.310. The molecule has 0 amide bonds. The predicted molar refractivity (Wildman–Crippen MR) is 77.6 cm³/mol. The van der Waals surface area contributed by atoms with E-state index in [4.69, 9.17) is 10.9 Å². The fraction of sp³-hybridized carbons (Fsp3) is 0.692. The van der Waals surface area contributed by atoms with Gasteiger partial charge < -0.3 is 16.3 Å². The summed E-state index contributed by atoms with van der Waals surface area (Å²) in [6.07, 6.45) is 5.95. The van der Waals surface area contributed by atoms with Crippen LogP contribution in [0.2, 0.25) is 0 Å². The summed E-state index contributed by atoms with van der Waals surface area (Å²) in [7, 11) is 0. The van der Waals surface area contributed by atoms with Crippen LogP contribution < -0.4 is 11.1 Å². The van der Waals surface area contributed by atoms with Gasteiger partial charge in [0.05, 0.1) is 6.04 Å². The number of hydrogen-bond acceptors (Lipinski definition) is 5. The Morgan fingerprint density at radius 1 is 1.68 bits per heavy atom. The lowest BCUT2D eigenvalue weighted by atomic mass is 10.0. The first kappa shape index (κ1) is 14.3. The number of rotatable bonds is 7. The average Bonchev–Trinajstić information content (AvgIpc) is 3.01. The van der Waals surface area contributed by atoms with Gasteiger partial charge in [0.1, 0.15) is 10.8 Å². The van der Waals surface area contributed by atoms with Gasteiger partial charge >= 0.3 is 0 Å². The molecule has 1 aliphatic rings. The monoisotopic (exact) mass is 282 g/mol. The Morgan fingerprint density at radius 3 is 2.95 bits per heavy atom. The molecule has 5 nitrogen and oxygen atoms in total. The molecule has 1 heterocycles. The van der Waals surface area contributed by atoms with Crippen LogP contribution in [0.3, 0.4) is 0 Å². The lowest BCUT2D eigenvalue weighted by Crippen LogP contribution is -2.30. The molecule has 0 aliphatic heterocycles. The smallest absolute Gasteiger partial charge is 0.139 e. The van der Waals surface area contributed by atoms with E-state index in [0.717, 1.165) is 30.8 Å². The number of aromatic nitrogens is 1. The topological polar surface area (TPSA) is 83.5 Å². The van der Waals surface area contributed by atoms with Gasteiger partial charge in [0.15, 0.2) is 0 Å². The first-order valence-corrected chi connectivity index (χ1v) is 7.54. The van der Waals surface area contributed by atoms with Crippen molar-refractivity contribution in [3.63, 3.8) is 0 Å². The van der Waals surface area contributed by atoms with E-state index in [9.17, 15) is 0 Å². The highest BCUT2D eigenvalue weighted by Gasteiger charge is 2.43. The summed E-state index contributed by atoms with van der Waals surface area (Å²) < 4.78 is 0. The van der Waals surface area contributed by atoms with E-state index in [1.165, 1.54) is 4.88 Å². The van der Waals surface area contributed by atoms with Crippen LogP contribution in [0.5, 0.6) is 0 Å². The Balaban J connectivity index is 1.85. The summed E-state index contributed by atoms with van der Waals surface area (Å²) in [4.78, 5) is 5.77. The molecule has 0 spiro atoms. The van der Waals surface area contributed by atoms with Crippen LogP contribution in [-0.4, -0.2) is 22.6 Å². The highest BCUT2D eigenvalue weighted by atomic mass is 32.1. The summed E-state index contributed by atoms with van der Waals surface area (Å²) in [6.45, 7) is 5.18. The van der Waals surface area contributed by atoms with Crippen molar-refractivity contribution in [2.75, 3.05) is 6.54 Å². The van der Waals surface area contributed by atoms with Gasteiger partial charge in [0, 0.05) is 24.0 Å². The van der Waals surface area contributed by atoms with Crippen molar-refractivity contribution in [3.8, 4) is 0 Å². The molecule has 106 valence electrons. The van der Waals surface area contributed by atoms with Gasteiger partial charge in [-0.25, -0.2) is 4.98 Å². The van der Waals surface area contributed by atoms with Crippen LogP contribution in [0.4, 0.5) is 0 Å². The highest BCUT2D eigenvalue weighted by Crippen LogP contribution is 2.48. The summed E-state index contributed by atoms with van der Waals surface area (Å²) in [5, 5.41) is 16.4. The molecule has 0 bridgehead atoms. The minimum absolute atomic E-state index is 0.190. The van der Waals surface area contributed by atoms with Crippen molar-refractivity contribution in [1.29, 1.82) is 0 Å². The summed E-state index contributed by atoms with van der Waals surface area (Å²) in [6, 6.07) is 0.259. The van der Waals surface area contributed by atoms with Gasteiger partial charge in [-0.1, -0.05) is 12.1 Å². The molecule has 0 radical (unpaired) electrons. The van der Waals surface area contributed by atoms with Gasteiger partial charge in [-0.05, 0) is 31.6 Å². The Hall–Kier alpha value is -1.14. The average molecular weight is 282 g/mol. The zero-order valence-corrected chi connectivity index (χ0v) is 12.3. The maximum atomic E-state index is 8.65. The van der Waals surface area contributed by atoms with Crippen molar-refractivity contribution < 1.29 is 5.21 Å². The Labute approximate surface area is 117 Å². The van der Waals surface area contributed by atoms with Crippen molar-refractivity contribution in [1.82, 2.24) is 10.3 Å². The summed E-state index contributed by atoms with van der Waals surface area (Å²) in [5.74, 6) is 0.328. The normalized spacial score (nSPS) is 19.4. The van der Waals surface area contributed by atoms with E-state index < -0.39 is 0 Å². The van der Waals surface area contributed by atoms with Crippen LogP contribution in [0, 0.1) is 5.41 Å². The fourth-order valence-corrected chi connectivity index (χ4v) is 3.04. The molecule has 1 fully saturated rings. The Kier molecular flexibility index (Phi) is 4.42. The Bertz CT molecular complexity index is 453. The van der Waals surface area contributed by atoms with Gasteiger partial charge in [-0.3, -0.25) is 0 Å². The standard InChI is InChI=1S/C13H22N4OS/c1-3-10-7-15-12(19-10)9(2)16-8-13(4-5-13)6-11(14)17-18/h7,9,16,18H,3-6,8H2,1-2H3,(H2,14,17). The van der Waals surface area contributed by atoms with Gasteiger partial charge in [-0.2, -0.15) is 0 Å². The fourth-order valence-electron chi connectivity index (χ4n) is 2.16. The second kappa shape index (κ2) is 5.88. The zero-order valence-electron chi connectivity index (χ0n) is 11.5. The second-order valence-electron chi connectivity index (χ2n) is 5.39. The molecule has 1 aliphatic carbocycles. The number of nitrogens with two attached hydrogens (primary N) is 1. The SMILES string of the molecule is CCc1cnc(C(C)NCC2(CC(N)=NO)CC2)s1. The lowest BCUT2D eigenvalue weighted by Gasteiger charge is -2.18. The molecule has 2 rings (SSSR count). The molecule has 1 atom stereocenters. The number of amidine groups is 1. The van der Waals surface area contributed by atoms with Gasteiger partial charge in [-0.15, -0.1) is 11.3 Å². The van der Waals surface area contributed by atoms with E-state index in [1.54, 1.807) is 11.3 Å². The molecule has 0 saturated heterocycles. The van der Waals surface area contributed by atoms with Crippen molar-refractivity contribution in [2.24, 2.45) is 16.3 Å². The molecule has 6 heteroatoms. The zero-order chi connectivity index (χ0) is 13.9. The van der Waals surface area contributed by atoms with Gasteiger partial charge in [0.2, 0.25) is 0 Å².